The molecule has 2 aliphatic rings. The van der Waals surface area contributed by atoms with E-state index in [9.17, 15) is 9.59 Å². The Morgan fingerprint density at radius 1 is 1.17 bits per heavy atom. The van der Waals surface area contributed by atoms with Crippen LogP contribution in [0.3, 0.4) is 0 Å². The monoisotopic (exact) mass is 413 g/mol. The molecule has 0 radical (unpaired) electrons. The number of benzene rings is 2. The molecule has 0 N–H and O–H groups in total. The van der Waals surface area contributed by atoms with Gasteiger partial charge in [-0.3, -0.25) is 9.59 Å². The molecule has 2 aliphatic heterocycles. The van der Waals surface area contributed by atoms with Gasteiger partial charge in [-0.15, -0.1) is 0 Å². The molecule has 1 amide bonds. The predicted octanol–water partition coefficient (Wildman–Crippen LogP) is 4.44. The molecular weight excluding hydrogens is 390 g/mol. The van der Waals surface area contributed by atoms with Gasteiger partial charge < -0.3 is 14.4 Å². The third-order valence-corrected chi connectivity index (χ3v) is 5.92. The Kier molecular flexibility index (Phi) is 5.50. The van der Waals surface area contributed by atoms with Crippen LogP contribution in [0.5, 0.6) is 11.5 Å². The van der Waals surface area contributed by atoms with Crippen molar-refractivity contribution in [3.63, 3.8) is 0 Å². The van der Waals surface area contributed by atoms with Gasteiger partial charge in [0.05, 0.1) is 25.0 Å². The number of likely N-dealkylation sites (tertiary alicyclic amines) is 1. The molecule has 1 saturated heterocycles. The van der Waals surface area contributed by atoms with Crippen molar-refractivity contribution in [3.8, 4) is 11.5 Å². The average molecular weight is 414 g/mol. The van der Waals surface area contributed by atoms with Crippen LogP contribution in [0.15, 0.2) is 42.5 Å². The van der Waals surface area contributed by atoms with Gasteiger partial charge in [0.1, 0.15) is 17.1 Å². The maximum absolute atomic E-state index is 12.6. The normalized spacial score (nSPS) is 17.6. The van der Waals surface area contributed by atoms with E-state index >= 15 is 0 Å². The number of fused-ring (bicyclic) bond motifs is 1. The highest BCUT2D eigenvalue weighted by Crippen LogP contribution is 2.39. The smallest absolute Gasteiger partial charge is 0.226 e. The first-order valence-electron chi connectivity index (χ1n) is 9.93. The van der Waals surface area contributed by atoms with Gasteiger partial charge in [0.2, 0.25) is 5.91 Å². The molecule has 152 valence electrons. The number of amides is 1. The van der Waals surface area contributed by atoms with Crippen LogP contribution < -0.4 is 9.47 Å². The maximum Gasteiger partial charge on any atom is 0.226 e. The molecule has 6 heteroatoms. The van der Waals surface area contributed by atoms with E-state index in [1.54, 1.807) is 24.3 Å². The molecule has 0 aromatic heterocycles. The quantitative estimate of drug-likeness (QED) is 0.743. The van der Waals surface area contributed by atoms with Gasteiger partial charge in [0.15, 0.2) is 5.78 Å². The molecule has 5 nitrogen and oxygen atoms in total. The molecule has 0 bridgehead atoms. The summed E-state index contributed by atoms with van der Waals surface area (Å²) >= 11 is 5.86. The third kappa shape index (κ3) is 4.40. The Bertz CT molecular complexity index is 917. The largest absolute Gasteiger partial charge is 0.493 e. The molecule has 29 heavy (non-hydrogen) atoms. The minimum Gasteiger partial charge on any atom is -0.493 e. The lowest BCUT2D eigenvalue weighted by Crippen LogP contribution is -2.52. The fraction of sp³-hybridized carbons (Fsp3) is 0.391. The van der Waals surface area contributed by atoms with Crippen molar-refractivity contribution in [3.05, 3.63) is 58.6 Å². The Labute approximate surface area is 175 Å². The summed E-state index contributed by atoms with van der Waals surface area (Å²) in [6, 6.07) is 12.8. The summed E-state index contributed by atoms with van der Waals surface area (Å²) in [5, 5.41) is 0.650. The Balaban J connectivity index is 1.30. The SMILES string of the molecule is Cc1ccc2c(c1)C(=O)CC1(CCN(C(=O)CCOc3ccc(Cl)cc3)CC1)O2. The molecule has 2 aromatic carbocycles. The number of rotatable bonds is 4. The lowest BCUT2D eigenvalue weighted by atomic mass is 9.82. The van der Waals surface area contributed by atoms with E-state index < -0.39 is 5.60 Å². The molecule has 2 aromatic rings. The second-order valence-electron chi connectivity index (χ2n) is 7.82. The summed E-state index contributed by atoms with van der Waals surface area (Å²) in [6.07, 6.45) is 2.02. The first kappa shape index (κ1) is 19.8. The summed E-state index contributed by atoms with van der Waals surface area (Å²) in [5.41, 5.74) is 1.24. The number of carbonyl (C=O) groups excluding carboxylic acids is 2. The van der Waals surface area contributed by atoms with E-state index in [1.165, 1.54) is 0 Å². The number of hydrogen-bond acceptors (Lipinski definition) is 4. The number of Topliss-reactive ketones (excluding diaryl/α,β-unsaturated/α-hetero) is 1. The number of nitrogens with zero attached hydrogens (tertiary/aromatic N) is 1. The minimum absolute atomic E-state index is 0.0620. The Morgan fingerprint density at radius 3 is 2.62 bits per heavy atom. The van der Waals surface area contributed by atoms with Crippen molar-refractivity contribution in [2.75, 3.05) is 19.7 Å². The first-order valence-corrected chi connectivity index (χ1v) is 10.3. The number of ketones is 1. The third-order valence-electron chi connectivity index (χ3n) is 5.67. The number of aryl methyl sites for hydroxylation is 1. The molecule has 0 aliphatic carbocycles. The highest BCUT2D eigenvalue weighted by molar-refractivity contribution is 6.30. The fourth-order valence-electron chi connectivity index (χ4n) is 4.00. The van der Waals surface area contributed by atoms with Crippen LogP contribution in [0, 0.1) is 6.92 Å². The van der Waals surface area contributed by atoms with Gasteiger partial charge in [0, 0.05) is 31.0 Å². The number of piperidine rings is 1. The van der Waals surface area contributed by atoms with E-state index in [0.29, 0.717) is 67.5 Å². The standard InChI is InChI=1S/C23H24ClNO4/c1-16-2-7-21-19(14-16)20(26)15-23(29-21)9-11-25(12-10-23)22(27)8-13-28-18-5-3-17(24)4-6-18/h2-7,14H,8-13,15H2,1H3. The predicted molar refractivity (Wildman–Crippen MR) is 111 cm³/mol. The van der Waals surface area contributed by atoms with Crippen molar-refractivity contribution >= 4 is 23.3 Å². The number of carbonyl (C=O) groups is 2. The summed E-state index contributed by atoms with van der Waals surface area (Å²) in [5.74, 6) is 1.56. The van der Waals surface area contributed by atoms with Gasteiger partial charge in [-0.2, -0.15) is 0 Å². The molecule has 0 atom stereocenters. The van der Waals surface area contributed by atoms with Crippen LogP contribution in [-0.2, 0) is 4.79 Å². The van der Waals surface area contributed by atoms with Crippen LogP contribution in [0.1, 0.15) is 41.6 Å². The molecule has 0 unspecified atom stereocenters. The Hall–Kier alpha value is -2.53. The van der Waals surface area contributed by atoms with Gasteiger partial charge in [-0.1, -0.05) is 23.2 Å². The second-order valence-corrected chi connectivity index (χ2v) is 8.25. The molecule has 4 rings (SSSR count). The summed E-state index contributed by atoms with van der Waals surface area (Å²) in [4.78, 5) is 27.0. The fourth-order valence-corrected chi connectivity index (χ4v) is 4.12. The van der Waals surface area contributed by atoms with Crippen molar-refractivity contribution in [1.29, 1.82) is 0 Å². The molecule has 2 heterocycles. The second kappa shape index (κ2) is 8.07. The lowest BCUT2D eigenvalue weighted by molar-refractivity contribution is -0.135. The van der Waals surface area contributed by atoms with Crippen LogP contribution in [0.4, 0.5) is 0 Å². The van der Waals surface area contributed by atoms with Crippen molar-refractivity contribution in [2.45, 2.75) is 38.2 Å². The van der Waals surface area contributed by atoms with Crippen LogP contribution in [-0.4, -0.2) is 41.9 Å². The molecular formula is C23H24ClNO4. The van der Waals surface area contributed by atoms with Crippen LogP contribution >= 0.6 is 11.6 Å². The van der Waals surface area contributed by atoms with Crippen LogP contribution in [0.25, 0.3) is 0 Å². The van der Waals surface area contributed by atoms with Gasteiger partial charge in [-0.25, -0.2) is 0 Å². The van der Waals surface area contributed by atoms with Gasteiger partial charge in [-0.05, 0) is 43.3 Å². The zero-order chi connectivity index (χ0) is 20.4. The first-order chi connectivity index (χ1) is 13.9. The average Bonchev–Trinajstić information content (AvgIpc) is 2.71. The summed E-state index contributed by atoms with van der Waals surface area (Å²) in [7, 11) is 0. The zero-order valence-electron chi connectivity index (χ0n) is 16.4. The van der Waals surface area contributed by atoms with Crippen molar-refractivity contribution in [1.82, 2.24) is 4.90 Å². The lowest BCUT2D eigenvalue weighted by Gasteiger charge is -2.44. The molecule has 1 fully saturated rings. The zero-order valence-corrected chi connectivity index (χ0v) is 17.2. The number of ether oxygens (including phenoxy) is 2. The summed E-state index contributed by atoms with van der Waals surface area (Å²) < 4.78 is 11.9. The van der Waals surface area contributed by atoms with Crippen molar-refractivity contribution in [2.24, 2.45) is 0 Å². The van der Waals surface area contributed by atoms with E-state index in [0.717, 1.165) is 5.56 Å². The number of hydrogen-bond donors (Lipinski definition) is 0. The summed E-state index contributed by atoms with van der Waals surface area (Å²) in [6.45, 7) is 3.48. The minimum atomic E-state index is -0.490. The maximum atomic E-state index is 12.6. The van der Waals surface area contributed by atoms with E-state index in [-0.39, 0.29) is 11.7 Å². The van der Waals surface area contributed by atoms with E-state index in [4.69, 9.17) is 21.1 Å². The van der Waals surface area contributed by atoms with Gasteiger partial charge in [0.25, 0.3) is 0 Å². The molecule has 1 spiro atoms. The number of halogens is 1. The van der Waals surface area contributed by atoms with Gasteiger partial charge >= 0.3 is 0 Å². The topological polar surface area (TPSA) is 55.8 Å². The van der Waals surface area contributed by atoms with E-state index in [1.807, 2.05) is 30.0 Å². The van der Waals surface area contributed by atoms with E-state index in [2.05, 4.69) is 0 Å². The van der Waals surface area contributed by atoms with Crippen molar-refractivity contribution < 1.29 is 19.1 Å². The van der Waals surface area contributed by atoms with Crippen LogP contribution in [0.2, 0.25) is 5.02 Å². The highest BCUT2D eigenvalue weighted by atomic mass is 35.5. The molecule has 0 saturated carbocycles. The highest BCUT2D eigenvalue weighted by Gasteiger charge is 2.43. The Morgan fingerprint density at radius 2 is 1.90 bits per heavy atom.